The van der Waals surface area contributed by atoms with Crippen LogP contribution in [0.5, 0.6) is 0 Å². The summed E-state index contributed by atoms with van der Waals surface area (Å²) in [6, 6.07) is 2.24. The third-order valence-electron chi connectivity index (χ3n) is 4.32. The lowest BCUT2D eigenvalue weighted by molar-refractivity contribution is 0.122. The number of aryl methyl sites for hydroxylation is 1. The molecule has 2 nitrogen and oxygen atoms in total. The van der Waals surface area contributed by atoms with Crippen LogP contribution >= 0.6 is 11.3 Å². The van der Waals surface area contributed by atoms with Crippen LogP contribution in [0.1, 0.15) is 30.2 Å². The molecule has 0 aromatic carbocycles. The highest BCUT2D eigenvalue weighted by molar-refractivity contribution is 7.10. The topological polar surface area (TPSA) is 15.3 Å². The number of nitrogens with one attached hydrogen (secondary N) is 1. The van der Waals surface area contributed by atoms with E-state index in [0.717, 1.165) is 19.0 Å². The monoisotopic (exact) mass is 250 g/mol. The summed E-state index contributed by atoms with van der Waals surface area (Å²) in [6.45, 7) is 9.35. The summed E-state index contributed by atoms with van der Waals surface area (Å²) in [6.07, 6.45) is 2.85. The summed E-state index contributed by atoms with van der Waals surface area (Å²) in [7, 11) is 0. The lowest BCUT2D eigenvalue weighted by atomic mass is 9.93. The Morgan fingerprint density at radius 2 is 2.35 bits per heavy atom. The first kappa shape index (κ1) is 11.7. The number of nitrogens with zero attached hydrogens (tertiary/aromatic N) is 1. The number of hydrogen-bond acceptors (Lipinski definition) is 3. The molecule has 2 aliphatic rings. The molecule has 1 unspecified atom stereocenters. The molecule has 1 aromatic rings. The standard InChI is InChI=1S/C14H22N2S/c1-11-5-8-17-13(11)9-16-7-6-15-14(2,10-16)12-3-4-12/h5,8,12,15H,3-4,6-7,9-10H2,1-2H3. The predicted molar refractivity (Wildman–Crippen MR) is 73.5 cm³/mol. The molecule has 1 aliphatic heterocycles. The van der Waals surface area contributed by atoms with Gasteiger partial charge in [-0.15, -0.1) is 11.3 Å². The van der Waals surface area contributed by atoms with Crippen molar-refractivity contribution in [3.05, 3.63) is 21.9 Å². The van der Waals surface area contributed by atoms with Gasteiger partial charge in [-0.3, -0.25) is 4.90 Å². The predicted octanol–water partition coefficient (Wildman–Crippen LogP) is 2.63. The minimum absolute atomic E-state index is 0.378. The average Bonchev–Trinajstić information content (AvgIpc) is 3.07. The van der Waals surface area contributed by atoms with Crippen molar-refractivity contribution >= 4 is 11.3 Å². The first-order valence-electron chi connectivity index (χ1n) is 6.68. The maximum atomic E-state index is 3.74. The zero-order chi connectivity index (χ0) is 11.9. The third kappa shape index (κ3) is 2.42. The molecule has 1 atom stereocenters. The van der Waals surface area contributed by atoms with Gasteiger partial charge >= 0.3 is 0 Å². The largest absolute Gasteiger partial charge is 0.309 e. The molecule has 1 N–H and O–H groups in total. The summed E-state index contributed by atoms with van der Waals surface area (Å²) < 4.78 is 0. The van der Waals surface area contributed by atoms with Crippen LogP contribution in [0.4, 0.5) is 0 Å². The van der Waals surface area contributed by atoms with E-state index in [1.807, 2.05) is 11.3 Å². The minimum atomic E-state index is 0.378. The lowest BCUT2D eigenvalue weighted by Gasteiger charge is -2.42. The van der Waals surface area contributed by atoms with Crippen LogP contribution in [0.3, 0.4) is 0 Å². The van der Waals surface area contributed by atoms with Crippen LogP contribution in [0, 0.1) is 12.8 Å². The molecule has 0 bridgehead atoms. The smallest absolute Gasteiger partial charge is 0.0331 e. The number of thiophene rings is 1. The fourth-order valence-electron chi connectivity index (χ4n) is 3.00. The molecule has 1 aromatic heterocycles. The molecule has 2 heterocycles. The molecule has 1 aliphatic carbocycles. The van der Waals surface area contributed by atoms with Gasteiger partial charge in [0.15, 0.2) is 0 Å². The Balaban J connectivity index is 1.66. The van der Waals surface area contributed by atoms with E-state index in [0.29, 0.717) is 5.54 Å². The molecular formula is C14H22N2S. The van der Waals surface area contributed by atoms with Crippen LogP contribution in [-0.2, 0) is 6.54 Å². The second-order valence-electron chi connectivity index (χ2n) is 5.86. The minimum Gasteiger partial charge on any atom is -0.309 e. The fraction of sp³-hybridized carbons (Fsp3) is 0.714. The van der Waals surface area contributed by atoms with Crippen molar-refractivity contribution < 1.29 is 0 Å². The molecule has 3 heteroatoms. The van der Waals surface area contributed by atoms with E-state index in [-0.39, 0.29) is 0 Å². The van der Waals surface area contributed by atoms with Crippen LogP contribution in [-0.4, -0.2) is 30.1 Å². The third-order valence-corrected chi connectivity index (χ3v) is 5.33. The summed E-state index contributed by atoms with van der Waals surface area (Å²) in [5.74, 6) is 0.926. The second-order valence-corrected chi connectivity index (χ2v) is 6.86. The Labute approximate surface area is 108 Å². The molecule has 1 saturated heterocycles. The van der Waals surface area contributed by atoms with Gasteiger partial charge in [0.2, 0.25) is 0 Å². The van der Waals surface area contributed by atoms with Crippen molar-refractivity contribution in [3.8, 4) is 0 Å². The first-order chi connectivity index (χ1) is 8.17. The van der Waals surface area contributed by atoms with Gasteiger partial charge in [-0.05, 0) is 49.6 Å². The Bertz CT molecular complexity index is 397. The summed E-state index contributed by atoms with van der Waals surface area (Å²) in [5, 5.41) is 5.96. The van der Waals surface area contributed by atoms with E-state index in [1.165, 1.54) is 31.5 Å². The van der Waals surface area contributed by atoms with Crippen LogP contribution < -0.4 is 5.32 Å². The second kappa shape index (κ2) is 4.38. The quantitative estimate of drug-likeness (QED) is 0.887. The van der Waals surface area contributed by atoms with Gasteiger partial charge < -0.3 is 5.32 Å². The van der Waals surface area contributed by atoms with E-state index >= 15 is 0 Å². The number of piperazine rings is 1. The van der Waals surface area contributed by atoms with Crippen molar-refractivity contribution in [3.63, 3.8) is 0 Å². The maximum absolute atomic E-state index is 3.74. The Kier molecular flexibility index (Phi) is 3.01. The van der Waals surface area contributed by atoms with Crippen molar-refractivity contribution in [1.82, 2.24) is 10.2 Å². The first-order valence-corrected chi connectivity index (χ1v) is 7.56. The molecule has 17 heavy (non-hydrogen) atoms. The van der Waals surface area contributed by atoms with Crippen LogP contribution in [0.2, 0.25) is 0 Å². The lowest BCUT2D eigenvalue weighted by Crippen LogP contribution is -2.59. The van der Waals surface area contributed by atoms with E-state index < -0.39 is 0 Å². The molecule has 94 valence electrons. The highest BCUT2D eigenvalue weighted by atomic mass is 32.1. The van der Waals surface area contributed by atoms with Crippen LogP contribution in [0.15, 0.2) is 11.4 Å². The van der Waals surface area contributed by atoms with Gasteiger partial charge in [0.1, 0.15) is 0 Å². The van der Waals surface area contributed by atoms with Gasteiger partial charge in [0.25, 0.3) is 0 Å². The summed E-state index contributed by atoms with van der Waals surface area (Å²) >= 11 is 1.91. The Morgan fingerprint density at radius 3 is 3.00 bits per heavy atom. The van der Waals surface area contributed by atoms with Crippen molar-refractivity contribution in [2.24, 2.45) is 5.92 Å². The van der Waals surface area contributed by atoms with E-state index in [4.69, 9.17) is 0 Å². The van der Waals surface area contributed by atoms with Gasteiger partial charge in [0.05, 0.1) is 0 Å². The molecule has 0 radical (unpaired) electrons. The molecule has 2 fully saturated rings. The zero-order valence-corrected chi connectivity index (χ0v) is 11.6. The Morgan fingerprint density at radius 1 is 1.53 bits per heavy atom. The molecular weight excluding hydrogens is 228 g/mol. The normalized spacial score (nSPS) is 30.7. The maximum Gasteiger partial charge on any atom is 0.0331 e. The summed E-state index contributed by atoms with van der Waals surface area (Å²) in [4.78, 5) is 4.18. The highest BCUT2D eigenvalue weighted by Gasteiger charge is 2.43. The Hall–Kier alpha value is -0.380. The van der Waals surface area contributed by atoms with Crippen LogP contribution in [0.25, 0.3) is 0 Å². The van der Waals surface area contributed by atoms with E-state index in [2.05, 4.69) is 35.5 Å². The number of rotatable bonds is 3. The molecule has 0 spiro atoms. The van der Waals surface area contributed by atoms with E-state index in [1.54, 1.807) is 4.88 Å². The molecule has 1 saturated carbocycles. The fourth-order valence-corrected chi connectivity index (χ4v) is 3.94. The van der Waals surface area contributed by atoms with Crippen molar-refractivity contribution in [2.45, 2.75) is 38.8 Å². The average molecular weight is 250 g/mol. The highest BCUT2D eigenvalue weighted by Crippen LogP contribution is 2.41. The molecule has 0 amide bonds. The SMILES string of the molecule is Cc1ccsc1CN1CCNC(C)(C2CC2)C1. The van der Waals surface area contributed by atoms with E-state index in [9.17, 15) is 0 Å². The van der Waals surface area contributed by atoms with Gasteiger partial charge in [-0.1, -0.05) is 0 Å². The van der Waals surface area contributed by atoms with Crippen molar-refractivity contribution in [2.75, 3.05) is 19.6 Å². The zero-order valence-electron chi connectivity index (χ0n) is 10.8. The van der Waals surface area contributed by atoms with Gasteiger partial charge in [-0.25, -0.2) is 0 Å². The van der Waals surface area contributed by atoms with Gasteiger partial charge in [-0.2, -0.15) is 0 Å². The number of hydrogen-bond donors (Lipinski definition) is 1. The molecule has 3 rings (SSSR count). The van der Waals surface area contributed by atoms with Gasteiger partial charge in [0, 0.05) is 36.6 Å². The summed E-state index contributed by atoms with van der Waals surface area (Å²) in [5.41, 5.74) is 1.84. The van der Waals surface area contributed by atoms with Crippen molar-refractivity contribution in [1.29, 1.82) is 0 Å².